The van der Waals surface area contributed by atoms with Crippen molar-refractivity contribution in [3.8, 4) is 5.75 Å². The van der Waals surface area contributed by atoms with Crippen LogP contribution in [0.2, 0.25) is 0 Å². The van der Waals surface area contributed by atoms with Gasteiger partial charge >= 0.3 is 5.97 Å². The summed E-state index contributed by atoms with van der Waals surface area (Å²) in [5, 5.41) is 6.36. The van der Waals surface area contributed by atoms with Crippen LogP contribution in [0.4, 0.5) is 10.7 Å². The van der Waals surface area contributed by atoms with Gasteiger partial charge in [-0.1, -0.05) is 0 Å². The number of pyridine rings is 1. The number of amides is 2. The Morgan fingerprint density at radius 2 is 1.82 bits per heavy atom. The summed E-state index contributed by atoms with van der Waals surface area (Å²) in [5.41, 5.74) is 1.52. The number of hydrogen-bond donors (Lipinski definition) is 2. The summed E-state index contributed by atoms with van der Waals surface area (Å²) in [6.45, 7) is 3.50. The van der Waals surface area contributed by atoms with E-state index in [1.807, 2.05) is 6.26 Å². The molecule has 2 N–H and O–H groups in total. The maximum absolute atomic E-state index is 13.0. The Hall–Kier alpha value is -3.37. The van der Waals surface area contributed by atoms with Crippen LogP contribution < -0.4 is 15.4 Å². The van der Waals surface area contributed by atoms with Crippen LogP contribution in [0.5, 0.6) is 5.75 Å². The van der Waals surface area contributed by atoms with Gasteiger partial charge in [0.15, 0.2) is 0 Å². The molecule has 0 aliphatic rings. The first-order valence-corrected chi connectivity index (χ1v) is 12.0. The molecular weight excluding hydrogens is 462 g/mol. The highest BCUT2D eigenvalue weighted by Crippen LogP contribution is 2.35. The topological polar surface area (TPSA) is 107 Å². The smallest absolute Gasteiger partial charge is 0.341 e. The van der Waals surface area contributed by atoms with Gasteiger partial charge in [0.05, 0.1) is 29.7 Å². The highest BCUT2D eigenvalue weighted by Gasteiger charge is 2.27. The van der Waals surface area contributed by atoms with Gasteiger partial charge in [-0.15, -0.1) is 23.1 Å². The lowest BCUT2D eigenvalue weighted by molar-refractivity contribution is 0.0527. The number of rotatable bonds is 8. The predicted molar refractivity (Wildman–Crippen MR) is 130 cm³/mol. The van der Waals surface area contributed by atoms with E-state index in [-0.39, 0.29) is 17.2 Å². The number of thioether (sulfide) groups is 1. The molecule has 0 bridgehead atoms. The van der Waals surface area contributed by atoms with Crippen molar-refractivity contribution in [3.63, 3.8) is 0 Å². The molecule has 0 saturated carbocycles. The van der Waals surface area contributed by atoms with E-state index >= 15 is 0 Å². The quantitative estimate of drug-likeness (QED) is 0.346. The molecule has 33 heavy (non-hydrogen) atoms. The normalized spacial score (nSPS) is 10.4. The summed E-state index contributed by atoms with van der Waals surface area (Å²) in [7, 11) is 1.56. The van der Waals surface area contributed by atoms with Crippen molar-refractivity contribution in [1.82, 2.24) is 4.98 Å². The molecule has 0 spiro atoms. The molecule has 0 aliphatic carbocycles. The van der Waals surface area contributed by atoms with E-state index in [0.29, 0.717) is 32.5 Å². The fourth-order valence-electron chi connectivity index (χ4n) is 3.03. The minimum atomic E-state index is -0.610. The lowest BCUT2D eigenvalue weighted by atomic mass is 10.1. The molecule has 0 fully saturated rings. The fourth-order valence-corrected chi connectivity index (χ4v) is 4.66. The van der Waals surface area contributed by atoms with Crippen LogP contribution in [0.3, 0.4) is 0 Å². The van der Waals surface area contributed by atoms with E-state index in [1.165, 1.54) is 11.8 Å². The second-order valence-corrected chi connectivity index (χ2v) is 8.49. The Labute approximate surface area is 199 Å². The molecule has 2 aromatic heterocycles. The number of nitrogens with one attached hydrogen (secondary N) is 2. The van der Waals surface area contributed by atoms with Crippen LogP contribution in [-0.4, -0.2) is 42.7 Å². The maximum atomic E-state index is 13.0. The first-order valence-electron chi connectivity index (χ1n) is 9.95. The zero-order valence-corrected chi connectivity index (χ0v) is 20.2. The molecule has 10 heteroatoms. The summed E-state index contributed by atoms with van der Waals surface area (Å²) in [6.07, 6.45) is 3.42. The average molecular weight is 486 g/mol. The molecule has 2 heterocycles. The van der Waals surface area contributed by atoms with Gasteiger partial charge < -0.3 is 20.1 Å². The summed E-state index contributed by atoms with van der Waals surface area (Å²) >= 11 is 2.35. The first-order chi connectivity index (χ1) is 15.9. The second-order valence-electron chi connectivity index (χ2n) is 6.68. The third kappa shape index (κ3) is 5.52. The molecule has 0 atom stereocenters. The third-order valence-electron chi connectivity index (χ3n) is 4.62. The SMILES string of the molecule is CCOC(=O)c1c(NC(=O)c2cccnc2SC)sc(C(=O)Nc2ccc(OC)cc2)c1C. The van der Waals surface area contributed by atoms with Crippen molar-refractivity contribution in [2.75, 3.05) is 30.6 Å². The number of carbonyl (C=O) groups is 3. The van der Waals surface area contributed by atoms with Crippen molar-refractivity contribution >= 4 is 51.6 Å². The first kappa shape index (κ1) is 24.3. The number of ether oxygens (including phenoxy) is 2. The number of aromatic nitrogens is 1. The lowest BCUT2D eigenvalue weighted by Gasteiger charge is -2.08. The van der Waals surface area contributed by atoms with E-state index in [9.17, 15) is 14.4 Å². The van der Waals surface area contributed by atoms with E-state index < -0.39 is 17.8 Å². The minimum Gasteiger partial charge on any atom is -0.497 e. The average Bonchev–Trinajstić information content (AvgIpc) is 3.15. The summed E-state index contributed by atoms with van der Waals surface area (Å²) in [5.74, 6) is -0.780. The maximum Gasteiger partial charge on any atom is 0.341 e. The third-order valence-corrected chi connectivity index (χ3v) is 6.53. The van der Waals surface area contributed by atoms with E-state index in [0.717, 1.165) is 11.3 Å². The zero-order valence-electron chi connectivity index (χ0n) is 18.6. The molecular formula is C23H23N3O5S2. The number of methoxy groups -OCH3 is 1. The Morgan fingerprint density at radius 3 is 2.45 bits per heavy atom. The molecule has 0 radical (unpaired) electrons. The predicted octanol–water partition coefficient (Wildman–Crippen LogP) is 4.86. The molecule has 172 valence electrons. The Bertz CT molecular complexity index is 1180. The van der Waals surface area contributed by atoms with Gasteiger partial charge in [0.1, 0.15) is 15.8 Å². The highest BCUT2D eigenvalue weighted by atomic mass is 32.2. The number of carbonyl (C=O) groups excluding carboxylic acids is 3. The fraction of sp³-hybridized carbons (Fsp3) is 0.217. The molecule has 0 aliphatic heterocycles. The zero-order chi connectivity index (χ0) is 24.0. The van der Waals surface area contributed by atoms with Gasteiger partial charge in [0, 0.05) is 11.9 Å². The number of esters is 1. The second kappa shape index (κ2) is 11.0. The van der Waals surface area contributed by atoms with Crippen molar-refractivity contribution in [1.29, 1.82) is 0 Å². The van der Waals surface area contributed by atoms with E-state index in [1.54, 1.807) is 63.6 Å². The number of hydrogen-bond acceptors (Lipinski definition) is 8. The van der Waals surface area contributed by atoms with Crippen LogP contribution in [0.25, 0.3) is 0 Å². The Balaban J connectivity index is 1.94. The van der Waals surface area contributed by atoms with Gasteiger partial charge in [-0.3, -0.25) is 9.59 Å². The molecule has 3 rings (SSSR count). The molecule has 0 saturated heterocycles. The van der Waals surface area contributed by atoms with Crippen molar-refractivity contribution in [2.24, 2.45) is 0 Å². The largest absolute Gasteiger partial charge is 0.497 e. The standard InChI is InChI=1S/C23H23N3O5S2/c1-5-31-23(29)17-13(2)18(20(28)25-14-8-10-15(30-3)11-9-14)33-22(17)26-19(27)16-7-6-12-24-21(16)32-4/h6-12H,5H2,1-4H3,(H,25,28)(H,26,27). The minimum absolute atomic E-state index is 0.157. The molecule has 3 aromatic rings. The number of nitrogens with zero attached hydrogens (tertiary/aromatic N) is 1. The van der Waals surface area contributed by atoms with E-state index in [4.69, 9.17) is 9.47 Å². The highest BCUT2D eigenvalue weighted by molar-refractivity contribution is 7.98. The van der Waals surface area contributed by atoms with Crippen molar-refractivity contribution in [3.05, 3.63) is 64.2 Å². The van der Waals surface area contributed by atoms with E-state index in [2.05, 4.69) is 15.6 Å². The number of benzene rings is 1. The van der Waals surface area contributed by atoms with Crippen LogP contribution >= 0.6 is 23.1 Å². The van der Waals surface area contributed by atoms with Crippen LogP contribution in [0.15, 0.2) is 47.6 Å². The summed E-state index contributed by atoms with van der Waals surface area (Å²) < 4.78 is 10.3. The van der Waals surface area contributed by atoms with Crippen LogP contribution in [0.1, 0.15) is 42.9 Å². The number of thiophene rings is 1. The molecule has 1 aromatic carbocycles. The Kier molecular flexibility index (Phi) is 8.07. The van der Waals surface area contributed by atoms with Gasteiger partial charge in [-0.2, -0.15) is 0 Å². The van der Waals surface area contributed by atoms with Crippen LogP contribution in [-0.2, 0) is 4.74 Å². The summed E-state index contributed by atoms with van der Waals surface area (Å²) in [4.78, 5) is 43.1. The molecule has 0 unspecified atom stereocenters. The lowest BCUT2D eigenvalue weighted by Crippen LogP contribution is -2.16. The molecule has 2 amide bonds. The van der Waals surface area contributed by atoms with Gasteiger partial charge in [-0.25, -0.2) is 9.78 Å². The summed E-state index contributed by atoms with van der Waals surface area (Å²) in [6, 6.07) is 10.2. The van der Waals surface area contributed by atoms with Gasteiger partial charge in [0.2, 0.25) is 0 Å². The van der Waals surface area contributed by atoms with Crippen LogP contribution in [0, 0.1) is 6.92 Å². The van der Waals surface area contributed by atoms with Gasteiger partial charge in [-0.05, 0) is 62.1 Å². The molecule has 8 nitrogen and oxygen atoms in total. The van der Waals surface area contributed by atoms with Crippen molar-refractivity contribution < 1.29 is 23.9 Å². The Morgan fingerprint density at radius 1 is 1.09 bits per heavy atom. The van der Waals surface area contributed by atoms with Gasteiger partial charge in [0.25, 0.3) is 11.8 Å². The monoisotopic (exact) mass is 485 g/mol. The van der Waals surface area contributed by atoms with Crippen molar-refractivity contribution in [2.45, 2.75) is 18.9 Å². The number of anilines is 2.